The van der Waals surface area contributed by atoms with E-state index in [9.17, 15) is 4.79 Å². The fourth-order valence-corrected chi connectivity index (χ4v) is 4.71. The monoisotopic (exact) mass is 432 g/mol. The molecule has 0 aliphatic carbocycles. The van der Waals surface area contributed by atoms with Crippen LogP contribution in [-0.4, -0.2) is 50.1 Å². The second-order valence-corrected chi connectivity index (χ2v) is 8.89. The zero-order valence-corrected chi connectivity index (χ0v) is 19.3. The minimum absolute atomic E-state index is 0.629. The molecule has 0 spiro atoms. The third kappa shape index (κ3) is 6.07. The fourth-order valence-electron chi connectivity index (χ4n) is 4.71. The van der Waals surface area contributed by atoms with Gasteiger partial charge in [-0.1, -0.05) is 36.4 Å². The number of nitrogens with two attached hydrogens (primary N) is 1. The SMILES string of the molecule is CC1CC(CN2CCc3cc(/C(C=N)=C/N)ccc32)CN1C.O=CCCc1ccccc1. The molecule has 0 aromatic heterocycles. The molecule has 2 aromatic rings. The van der Waals surface area contributed by atoms with Gasteiger partial charge in [-0.05, 0) is 68.0 Å². The van der Waals surface area contributed by atoms with E-state index in [1.165, 1.54) is 42.2 Å². The highest BCUT2D eigenvalue weighted by molar-refractivity contribution is 6.08. The first kappa shape index (κ1) is 23.7. The van der Waals surface area contributed by atoms with Crippen molar-refractivity contribution in [2.45, 2.75) is 38.6 Å². The summed E-state index contributed by atoms with van der Waals surface area (Å²) in [5.74, 6) is 0.770. The lowest BCUT2D eigenvalue weighted by Crippen LogP contribution is -2.29. The number of likely N-dealkylation sites (tertiary alicyclic amines) is 1. The van der Waals surface area contributed by atoms with Crippen molar-refractivity contribution in [2.75, 3.05) is 31.6 Å². The van der Waals surface area contributed by atoms with Crippen molar-refractivity contribution in [3.05, 3.63) is 71.4 Å². The maximum absolute atomic E-state index is 9.98. The van der Waals surface area contributed by atoms with Gasteiger partial charge >= 0.3 is 0 Å². The number of nitrogens with one attached hydrogen (secondary N) is 1. The first-order valence-electron chi connectivity index (χ1n) is 11.5. The molecule has 0 amide bonds. The summed E-state index contributed by atoms with van der Waals surface area (Å²) in [5, 5.41) is 7.43. The zero-order valence-electron chi connectivity index (χ0n) is 19.3. The molecule has 2 aliphatic rings. The second-order valence-electron chi connectivity index (χ2n) is 8.89. The molecule has 0 radical (unpaired) electrons. The predicted octanol–water partition coefficient (Wildman–Crippen LogP) is 4.16. The first-order valence-corrected chi connectivity index (χ1v) is 11.5. The number of rotatable bonds is 7. The molecule has 1 fully saturated rings. The summed E-state index contributed by atoms with van der Waals surface area (Å²) in [6.07, 6.45) is 7.67. The molecule has 2 atom stereocenters. The number of fused-ring (bicyclic) bond motifs is 1. The maximum Gasteiger partial charge on any atom is 0.120 e. The number of carbonyl (C=O) groups is 1. The molecule has 32 heavy (non-hydrogen) atoms. The van der Waals surface area contributed by atoms with Crippen molar-refractivity contribution in [2.24, 2.45) is 11.7 Å². The average Bonchev–Trinajstić information content (AvgIpc) is 3.36. The molecule has 2 aliphatic heterocycles. The van der Waals surface area contributed by atoms with Crippen molar-refractivity contribution in [3.8, 4) is 0 Å². The summed E-state index contributed by atoms with van der Waals surface area (Å²) >= 11 is 0. The zero-order chi connectivity index (χ0) is 22.9. The van der Waals surface area contributed by atoms with E-state index in [4.69, 9.17) is 11.1 Å². The molecule has 2 aromatic carbocycles. The molecule has 5 heteroatoms. The van der Waals surface area contributed by atoms with Crippen molar-refractivity contribution < 1.29 is 4.79 Å². The molecule has 0 bridgehead atoms. The van der Waals surface area contributed by atoms with E-state index in [2.05, 4.69) is 42.0 Å². The van der Waals surface area contributed by atoms with Gasteiger partial charge in [-0.2, -0.15) is 0 Å². The van der Waals surface area contributed by atoms with Crippen LogP contribution in [0.3, 0.4) is 0 Å². The standard InChI is InChI=1S/C18H26N4.C9H10O/c1-13-7-14(11-21(13)2)12-22-6-5-16-8-15(3-4-18(16)22)17(9-19)10-20;10-8-4-7-9-5-2-1-3-6-9/h3-4,8-10,13-14,19H,5-7,11-12,20H2,1-2H3;1-3,5-6,8H,4,7H2/b17-10+,19-9?;. The van der Waals surface area contributed by atoms with E-state index in [1.54, 1.807) is 0 Å². The van der Waals surface area contributed by atoms with Crippen molar-refractivity contribution in [3.63, 3.8) is 0 Å². The van der Waals surface area contributed by atoms with Crippen LogP contribution < -0.4 is 10.6 Å². The minimum Gasteiger partial charge on any atom is -0.404 e. The lowest BCUT2D eigenvalue weighted by atomic mass is 10.0. The highest BCUT2D eigenvalue weighted by Gasteiger charge is 2.29. The Morgan fingerprint density at radius 1 is 1.22 bits per heavy atom. The van der Waals surface area contributed by atoms with E-state index in [1.807, 2.05) is 30.3 Å². The minimum atomic E-state index is 0.629. The predicted molar refractivity (Wildman–Crippen MR) is 134 cm³/mol. The summed E-state index contributed by atoms with van der Waals surface area (Å²) in [5.41, 5.74) is 11.4. The molecule has 1 saturated heterocycles. The fraction of sp³-hybridized carbons (Fsp3) is 0.407. The molecule has 4 rings (SSSR count). The summed E-state index contributed by atoms with van der Waals surface area (Å²) in [7, 11) is 2.23. The number of anilines is 1. The lowest BCUT2D eigenvalue weighted by molar-refractivity contribution is -0.107. The Hall–Kier alpha value is -2.92. The number of carbonyl (C=O) groups excluding carboxylic acids is 1. The molecule has 170 valence electrons. The highest BCUT2D eigenvalue weighted by atomic mass is 16.1. The third-order valence-electron chi connectivity index (χ3n) is 6.58. The number of aryl methyl sites for hydroxylation is 1. The van der Waals surface area contributed by atoms with Crippen LogP contribution >= 0.6 is 0 Å². The van der Waals surface area contributed by atoms with Crippen molar-refractivity contribution >= 4 is 23.8 Å². The molecular weight excluding hydrogens is 396 g/mol. The van der Waals surface area contributed by atoms with E-state index in [0.29, 0.717) is 12.5 Å². The molecule has 2 unspecified atom stereocenters. The quantitative estimate of drug-likeness (QED) is 0.509. The van der Waals surface area contributed by atoms with Gasteiger partial charge in [-0.15, -0.1) is 0 Å². The van der Waals surface area contributed by atoms with Gasteiger partial charge in [-0.3, -0.25) is 0 Å². The van der Waals surface area contributed by atoms with Crippen LogP contribution in [0, 0.1) is 11.3 Å². The van der Waals surface area contributed by atoms with Gasteiger partial charge in [0.15, 0.2) is 0 Å². The normalized spacial score (nSPS) is 20.4. The first-order chi connectivity index (χ1) is 15.5. The van der Waals surface area contributed by atoms with Gasteiger partial charge < -0.3 is 25.7 Å². The van der Waals surface area contributed by atoms with Crippen molar-refractivity contribution in [1.82, 2.24) is 4.90 Å². The van der Waals surface area contributed by atoms with E-state index >= 15 is 0 Å². The van der Waals surface area contributed by atoms with Gasteiger partial charge in [0.25, 0.3) is 0 Å². The lowest BCUT2D eigenvalue weighted by Gasteiger charge is -2.23. The number of benzene rings is 2. The summed E-state index contributed by atoms with van der Waals surface area (Å²) in [6, 6.07) is 17.2. The Balaban J connectivity index is 0.000000243. The largest absolute Gasteiger partial charge is 0.404 e. The maximum atomic E-state index is 9.98. The topological polar surface area (TPSA) is 73.4 Å². The number of allylic oxidation sites excluding steroid dienone is 1. The van der Waals surface area contributed by atoms with Crippen LogP contribution in [-0.2, 0) is 17.6 Å². The van der Waals surface area contributed by atoms with Crippen LogP contribution in [0.25, 0.3) is 5.57 Å². The number of hydrogen-bond donors (Lipinski definition) is 2. The van der Waals surface area contributed by atoms with Gasteiger partial charge in [-0.25, -0.2) is 0 Å². The van der Waals surface area contributed by atoms with Gasteiger partial charge in [0, 0.05) is 55.8 Å². The third-order valence-corrected chi connectivity index (χ3v) is 6.58. The van der Waals surface area contributed by atoms with E-state index < -0.39 is 0 Å². The molecule has 5 nitrogen and oxygen atoms in total. The Labute approximate surface area is 192 Å². The van der Waals surface area contributed by atoms with Crippen LogP contribution in [0.2, 0.25) is 0 Å². The summed E-state index contributed by atoms with van der Waals surface area (Å²) in [6.45, 7) is 5.80. The molecular formula is C27H36N4O. The van der Waals surface area contributed by atoms with Gasteiger partial charge in [0.1, 0.15) is 6.29 Å². The smallest absolute Gasteiger partial charge is 0.120 e. The highest BCUT2D eigenvalue weighted by Crippen LogP contribution is 2.32. The Bertz CT molecular complexity index is 915. The summed E-state index contributed by atoms with van der Waals surface area (Å²) in [4.78, 5) is 15.0. The van der Waals surface area contributed by atoms with Gasteiger partial charge in [0.2, 0.25) is 0 Å². The van der Waals surface area contributed by atoms with Crippen LogP contribution in [0.4, 0.5) is 5.69 Å². The Kier molecular flexibility index (Phi) is 8.63. The van der Waals surface area contributed by atoms with Crippen LogP contribution in [0.15, 0.2) is 54.7 Å². The summed E-state index contributed by atoms with van der Waals surface area (Å²) < 4.78 is 0. The average molecular weight is 433 g/mol. The number of nitrogens with zero attached hydrogens (tertiary/aromatic N) is 2. The van der Waals surface area contributed by atoms with Crippen LogP contribution in [0.5, 0.6) is 0 Å². The second kappa shape index (κ2) is 11.6. The van der Waals surface area contributed by atoms with E-state index in [0.717, 1.165) is 49.3 Å². The molecule has 0 saturated carbocycles. The van der Waals surface area contributed by atoms with Gasteiger partial charge in [0.05, 0.1) is 0 Å². The van der Waals surface area contributed by atoms with Crippen LogP contribution in [0.1, 0.15) is 36.5 Å². The number of aldehydes is 1. The Morgan fingerprint density at radius 3 is 2.62 bits per heavy atom. The molecule has 3 N–H and O–H groups in total. The molecule has 2 heterocycles. The Morgan fingerprint density at radius 2 is 2.00 bits per heavy atom. The number of hydrogen-bond acceptors (Lipinski definition) is 5. The van der Waals surface area contributed by atoms with Crippen molar-refractivity contribution in [1.29, 1.82) is 5.41 Å². The van der Waals surface area contributed by atoms with E-state index in [-0.39, 0.29) is 0 Å².